The van der Waals surface area contributed by atoms with E-state index in [1.807, 2.05) is 13.1 Å². The summed E-state index contributed by atoms with van der Waals surface area (Å²) in [6.07, 6.45) is 1.00. The predicted molar refractivity (Wildman–Crippen MR) is 88.7 cm³/mol. The molecule has 0 bridgehead atoms. The number of methoxy groups -OCH3 is 1. The Morgan fingerprint density at radius 1 is 1.00 bits per heavy atom. The fourth-order valence-electron chi connectivity index (χ4n) is 2.98. The van der Waals surface area contributed by atoms with Crippen LogP contribution >= 0.6 is 0 Å². The second-order valence-corrected chi connectivity index (χ2v) is 5.66. The molecule has 0 aromatic heterocycles. The lowest BCUT2D eigenvalue weighted by molar-refractivity contribution is 0.0704. The van der Waals surface area contributed by atoms with Crippen LogP contribution < -0.4 is 5.32 Å². The first-order valence-electron chi connectivity index (χ1n) is 7.46. The third-order valence-corrected chi connectivity index (χ3v) is 3.86. The minimum atomic E-state index is 0.0528. The van der Waals surface area contributed by atoms with E-state index in [2.05, 4.69) is 61.6 Å². The van der Waals surface area contributed by atoms with Crippen molar-refractivity contribution in [3.8, 4) is 0 Å². The number of hydrogen-bond donors (Lipinski definition) is 1. The lowest BCUT2D eigenvalue weighted by Gasteiger charge is -2.26. The minimum absolute atomic E-state index is 0.0528. The van der Waals surface area contributed by atoms with Gasteiger partial charge in [-0.15, -0.1) is 0 Å². The van der Waals surface area contributed by atoms with E-state index in [1.165, 1.54) is 22.3 Å². The van der Waals surface area contributed by atoms with Gasteiger partial charge in [-0.3, -0.25) is 0 Å². The molecule has 2 aromatic rings. The first kappa shape index (κ1) is 15.7. The van der Waals surface area contributed by atoms with E-state index in [9.17, 15) is 0 Å². The zero-order chi connectivity index (χ0) is 15.2. The molecule has 0 aliphatic carbocycles. The first-order chi connectivity index (χ1) is 10.1. The minimum Gasteiger partial charge on any atom is -0.375 e. The molecule has 0 saturated heterocycles. The quantitative estimate of drug-likeness (QED) is 0.870. The molecule has 2 atom stereocenters. The SMILES string of the molecule is CNC(Cc1cc(C)cc(C)c1)C(OC)c1ccccc1. The molecule has 1 N–H and O–H groups in total. The number of rotatable bonds is 6. The van der Waals surface area contributed by atoms with Crippen molar-refractivity contribution in [2.24, 2.45) is 0 Å². The Labute approximate surface area is 128 Å². The van der Waals surface area contributed by atoms with Crippen molar-refractivity contribution in [1.29, 1.82) is 0 Å². The van der Waals surface area contributed by atoms with Crippen LogP contribution in [-0.4, -0.2) is 20.2 Å². The highest BCUT2D eigenvalue weighted by atomic mass is 16.5. The number of benzene rings is 2. The maximum atomic E-state index is 5.76. The monoisotopic (exact) mass is 283 g/mol. The summed E-state index contributed by atoms with van der Waals surface area (Å²) in [5.41, 5.74) is 5.19. The molecule has 0 saturated carbocycles. The van der Waals surface area contributed by atoms with Crippen molar-refractivity contribution < 1.29 is 4.74 Å². The second kappa shape index (κ2) is 7.39. The number of nitrogens with one attached hydrogen (secondary N) is 1. The Kier molecular flexibility index (Phi) is 5.54. The molecule has 2 unspecified atom stereocenters. The number of likely N-dealkylation sites (N-methyl/N-ethyl adjacent to an activating group) is 1. The van der Waals surface area contributed by atoms with Crippen LogP contribution in [0.2, 0.25) is 0 Å². The normalized spacial score (nSPS) is 13.9. The largest absolute Gasteiger partial charge is 0.375 e. The fourth-order valence-corrected chi connectivity index (χ4v) is 2.98. The maximum absolute atomic E-state index is 5.76. The molecule has 0 spiro atoms. The molecule has 2 rings (SSSR count). The molecular formula is C19H25NO. The Bertz CT molecular complexity index is 545. The van der Waals surface area contributed by atoms with Crippen LogP contribution in [0.4, 0.5) is 0 Å². The molecule has 0 radical (unpaired) electrons. The van der Waals surface area contributed by atoms with Gasteiger partial charge < -0.3 is 10.1 Å². The summed E-state index contributed by atoms with van der Waals surface area (Å²) >= 11 is 0. The number of ether oxygens (including phenoxy) is 1. The number of hydrogen-bond acceptors (Lipinski definition) is 2. The average Bonchev–Trinajstić information content (AvgIpc) is 2.47. The van der Waals surface area contributed by atoms with Gasteiger partial charge in [-0.1, -0.05) is 59.7 Å². The summed E-state index contributed by atoms with van der Waals surface area (Å²) in [4.78, 5) is 0. The van der Waals surface area contributed by atoms with E-state index in [0.717, 1.165) is 6.42 Å². The van der Waals surface area contributed by atoms with Gasteiger partial charge in [-0.05, 0) is 38.4 Å². The Balaban J connectivity index is 2.21. The van der Waals surface area contributed by atoms with Crippen LogP contribution in [0.15, 0.2) is 48.5 Å². The zero-order valence-electron chi connectivity index (χ0n) is 13.4. The zero-order valence-corrected chi connectivity index (χ0v) is 13.4. The van der Waals surface area contributed by atoms with Gasteiger partial charge in [-0.25, -0.2) is 0 Å². The predicted octanol–water partition coefficient (Wildman–Crippen LogP) is 3.82. The Morgan fingerprint density at radius 2 is 1.62 bits per heavy atom. The van der Waals surface area contributed by atoms with Crippen molar-refractivity contribution in [3.05, 3.63) is 70.8 Å². The van der Waals surface area contributed by atoms with E-state index < -0.39 is 0 Å². The Hall–Kier alpha value is -1.64. The summed E-state index contributed by atoms with van der Waals surface area (Å²) in [5, 5.41) is 3.41. The van der Waals surface area contributed by atoms with Gasteiger partial charge in [0.05, 0.1) is 6.10 Å². The molecule has 112 valence electrons. The third kappa shape index (κ3) is 4.16. The van der Waals surface area contributed by atoms with Crippen molar-refractivity contribution in [1.82, 2.24) is 5.32 Å². The lowest BCUT2D eigenvalue weighted by Crippen LogP contribution is -2.35. The van der Waals surface area contributed by atoms with Crippen molar-refractivity contribution >= 4 is 0 Å². The smallest absolute Gasteiger partial charge is 0.0977 e. The molecule has 0 amide bonds. The Morgan fingerprint density at radius 3 is 2.14 bits per heavy atom. The molecule has 2 aromatic carbocycles. The molecule has 0 heterocycles. The van der Waals surface area contributed by atoms with Crippen LogP contribution in [0.3, 0.4) is 0 Å². The van der Waals surface area contributed by atoms with E-state index in [1.54, 1.807) is 7.11 Å². The number of aryl methyl sites for hydroxylation is 2. The topological polar surface area (TPSA) is 21.3 Å². The summed E-state index contributed by atoms with van der Waals surface area (Å²) in [6, 6.07) is 17.4. The van der Waals surface area contributed by atoms with E-state index in [-0.39, 0.29) is 12.1 Å². The van der Waals surface area contributed by atoms with Crippen molar-refractivity contribution in [2.75, 3.05) is 14.2 Å². The van der Waals surface area contributed by atoms with Crippen LogP contribution in [0.25, 0.3) is 0 Å². The van der Waals surface area contributed by atoms with E-state index in [4.69, 9.17) is 4.74 Å². The highest BCUT2D eigenvalue weighted by molar-refractivity contribution is 5.30. The van der Waals surface area contributed by atoms with Crippen LogP contribution in [0.5, 0.6) is 0 Å². The highest BCUT2D eigenvalue weighted by Crippen LogP contribution is 2.23. The lowest BCUT2D eigenvalue weighted by atomic mass is 9.94. The second-order valence-electron chi connectivity index (χ2n) is 5.66. The molecule has 2 heteroatoms. The first-order valence-corrected chi connectivity index (χ1v) is 7.46. The van der Waals surface area contributed by atoms with Gasteiger partial charge in [0.25, 0.3) is 0 Å². The molecular weight excluding hydrogens is 258 g/mol. The maximum Gasteiger partial charge on any atom is 0.0977 e. The van der Waals surface area contributed by atoms with Crippen LogP contribution in [-0.2, 0) is 11.2 Å². The molecule has 2 nitrogen and oxygen atoms in total. The average molecular weight is 283 g/mol. The molecule has 21 heavy (non-hydrogen) atoms. The third-order valence-electron chi connectivity index (χ3n) is 3.86. The van der Waals surface area contributed by atoms with Gasteiger partial charge in [-0.2, -0.15) is 0 Å². The van der Waals surface area contributed by atoms with Gasteiger partial charge >= 0.3 is 0 Å². The highest BCUT2D eigenvalue weighted by Gasteiger charge is 2.21. The van der Waals surface area contributed by atoms with Gasteiger partial charge in [0.15, 0.2) is 0 Å². The molecule has 0 fully saturated rings. The summed E-state index contributed by atoms with van der Waals surface area (Å²) in [5.74, 6) is 0. The molecule has 0 aliphatic rings. The van der Waals surface area contributed by atoms with Crippen LogP contribution in [0, 0.1) is 13.8 Å². The standard InChI is InChI=1S/C19H25NO/c1-14-10-15(2)12-16(11-14)13-18(20-3)19(21-4)17-8-6-5-7-9-17/h5-12,18-20H,13H2,1-4H3. The summed E-state index contributed by atoms with van der Waals surface area (Å²) in [6.45, 7) is 4.30. The van der Waals surface area contributed by atoms with Crippen molar-refractivity contribution in [3.63, 3.8) is 0 Å². The summed E-state index contributed by atoms with van der Waals surface area (Å²) < 4.78 is 5.76. The van der Waals surface area contributed by atoms with E-state index >= 15 is 0 Å². The molecule has 0 aliphatic heterocycles. The summed E-state index contributed by atoms with van der Waals surface area (Å²) in [7, 11) is 3.78. The van der Waals surface area contributed by atoms with Crippen molar-refractivity contribution in [2.45, 2.75) is 32.4 Å². The van der Waals surface area contributed by atoms with E-state index in [0.29, 0.717) is 0 Å². The fraction of sp³-hybridized carbons (Fsp3) is 0.368. The van der Waals surface area contributed by atoms with Crippen LogP contribution in [0.1, 0.15) is 28.4 Å². The van der Waals surface area contributed by atoms with Gasteiger partial charge in [0, 0.05) is 13.2 Å². The van der Waals surface area contributed by atoms with Gasteiger partial charge in [0.2, 0.25) is 0 Å². The van der Waals surface area contributed by atoms with Gasteiger partial charge in [0.1, 0.15) is 0 Å².